The Kier molecular flexibility index (Phi) is 4.62. The fourth-order valence-electron chi connectivity index (χ4n) is 1.34. The van der Waals surface area contributed by atoms with Crippen LogP contribution in [0.15, 0.2) is 12.1 Å². The normalized spacial score (nSPS) is 11.6. The summed E-state index contributed by atoms with van der Waals surface area (Å²) in [5.41, 5.74) is 1.64. The summed E-state index contributed by atoms with van der Waals surface area (Å²) >= 11 is 5.68. The van der Waals surface area contributed by atoms with Crippen molar-refractivity contribution in [2.45, 2.75) is 25.4 Å². The molecule has 0 N–H and O–H groups in total. The van der Waals surface area contributed by atoms with Crippen LogP contribution in [0.5, 0.6) is 0 Å². The van der Waals surface area contributed by atoms with Gasteiger partial charge in [-0.25, -0.2) is 4.98 Å². The summed E-state index contributed by atoms with van der Waals surface area (Å²) < 4.78 is 36.2. The molecule has 1 heterocycles. The van der Waals surface area contributed by atoms with Crippen LogP contribution in [0.1, 0.15) is 17.7 Å². The van der Waals surface area contributed by atoms with E-state index in [1.165, 1.54) is 4.90 Å². The highest BCUT2D eigenvalue weighted by Crippen LogP contribution is 2.21. The van der Waals surface area contributed by atoms with Gasteiger partial charge in [-0.05, 0) is 18.6 Å². The van der Waals surface area contributed by atoms with Crippen molar-refractivity contribution in [2.75, 3.05) is 18.5 Å². The topological polar surface area (TPSA) is 16.1 Å². The Morgan fingerprint density at radius 1 is 1.35 bits per heavy atom. The van der Waals surface area contributed by atoms with Gasteiger partial charge in [-0.1, -0.05) is 6.07 Å². The average Bonchev–Trinajstić information content (AvgIpc) is 2.24. The average molecular weight is 267 g/mol. The van der Waals surface area contributed by atoms with Crippen molar-refractivity contribution in [2.24, 2.45) is 0 Å². The summed E-state index contributed by atoms with van der Waals surface area (Å²) in [5, 5.41) is 0. The number of hydrogen-bond donors (Lipinski definition) is 0. The summed E-state index contributed by atoms with van der Waals surface area (Å²) in [5.74, 6) is 0.881. The van der Waals surface area contributed by atoms with Gasteiger partial charge in [-0.3, -0.25) is 0 Å². The lowest BCUT2D eigenvalue weighted by Gasteiger charge is -2.19. The van der Waals surface area contributed by atoms with Gasteiger partial charge in [0.2, 0.25) is 0 Å². The van der Waals surface area contributed by atoms with Gasteiger partial charge < -0.3 is 4.90 Å². The Morgan fingerprint density at radius 2 is 2.00 bits per heavy atom. The van der Waals surface area contributed by atoms with Crippen LogP contribution in [0.25, 0.3) is 0 Å². The predicted octanol–water partition coefficient (Wildman–Crippen LogP) is 3.52. The number of rotatable bonds is 4. The molecule has 0 unspecified atom stereocenters. The summed E-state index contributed by atoms with van der Waals surface area (Å²) in [7, 11) is 1.59. The lowest BCUT2D eigenvalue weighted by atomic mass is 10.2. The quantitative estimate of drug-likeness (QED) is 0.775. The van der Waals surface area contributed by atoms with E-state index in [1.807, 2.05) is 0 Å². The molecule has 1 aromatic heterocycles. The Bertz CT molecular complexity index is 379. The zero-order valence-electron chi connectivity index (χ0n) is 9.68. The van der Waals surface area contributed by atoms with E-state index in [-0.39, 0.29) is 6.54 Å². The Balaban J connectivity index is 2.69. The number of nitrogens with zero attached hydrogens (tertiary/aromatic N) is 2. The number of alkyl halides is 4. The monoisotopic (exact) mass is 266 g/mol. The summed E-state index contributed by atoms with van der Waals surface area (Å²) in [6.07, 6.45) is -4.99. The highest BCUT2D eigenvalue weighted by molar-refractivity contribution is 6.17. The van der Waals surface area contributed by atoms with Crippen molar-refractivity contribution in [1.29, 1.82) is 0 Å². The molecule has 0 radical (unpaired) electrons. The zero-order chi connectivity index (χ0) is 13.1. The molecule has 2 nitrogen and oxygen atoms in total. The number of hydrogen-bond acceptors (Lipinski definition) is 2. The van der Waals surface area contributed by atoms with Gasteiger partial charge >= 0.3 is 6.18 Å². The largest absolute Gasteiger partial charge is 0.390 e. The van der Waals surface area contributed by atoms with Crippen LogP contribution in [0, 0.1) is 6.92 Å². The van der Waals surface area contributed by atoms with Crippen molar-refractivity contribution in [3.8, 4) is 0 Å². The Morgan fingerprint density at radius 3 is 2.47 bits per heavy atom. The van der Waals surface area contributed by atoms with Crippen LogP contribution in [-0.4, -0.2) is 24.8 Å². The number of aryl methyl sites for hydroxylation is 1. The Hall–Kier alpha value is -0.970. The third-order valence-corrected chi connectivity index (χ3v) is 2.73. The van der Waals surface area contributed by atoms with E-state index in [1.54, 1.807) is 26.1 Å². The lowest BCUT2D eigenvalue weighted by molar-refractivity contribution is -0.132. The summed E-state index contributed by atoms with van der Waals surface area (Å²) in [4.78, 5) is 5.70. The first-order valence-corrected chi connectivity index (χ1v) is 5.67. The van der Waals surface area contributed by atoms with Crippen LogP contribution in [0.4, 0.5) is 19.0 Å². The maximum Gasteiger partial charge on any atom is 0.390 e. The minimum absolute atomic E-state index is 0.101. The van der Waals surface area contributed by atoms with E-state index in [4.69, 9.17) is 11.6 Å². The van der Waals surface area contributed by atoms with Crippen LogP contribution < -0.4 is 4.90 Å². The fourth-order valence-corrected chi connectivity index (χ4v) is 1.62. The number of aromatic nitrogens is 1. The number of pyridine rings is 1. The van der Waals surface area contributed by atoms with Gasteiger partial charge in [0.05, 0.1) is 6.42 Å². The second-order valence-corrected chi connectivity index (χ2v) is 4.10. The molecule has 0 fully saturated rings. The van der Waals surface area contributed by atoms with Gasteiger partial charge in [0.15, 0.2) is 0 Å². The maximum absolute atomic E-state index is 12.1. The van der Waals surface area contributed by atoms with E-state index in [0.717, 1.165) is 11.3 Å². The van der Waals surface area contributed by atoms with Crippen molar-refractivity contribution in [3.05, 3.63) is 23.4 Å². The molecule has 0 saturated carbocycles. The van der Waals surface area contributed by atoms with Crippen LogP contribution in [0.3, 0.4) is 0 Å². The molecule has 6 heteroatoms. The van der Waals surface area contributed by atoms with Crippen molar-refractivity contribution < 1.29 is 13.2 Å². The first-order valence-electron chi connectivity index (χ1n) is 5.14. The van der Waals surface area contributed by atoms with E-state index >= 15 is 0 Å². The fraction of sp³-hybridized carbons (Fsp3) is 0.545. The van der Waals surface area contributed by atoms with Gasteiger partial charge in [-0.2, -0.15) is 13.2 Å². The molecule has 0 aliphatic carbocycles. The molecule has 1 rings (SSSR count). The van der Waals surface area contributed by atoms with E-state index in [0.29, 0.717) is 11.7 Å². The SMILES string of the molecule is Cc1nc(N(C)CCC(F)(F)F)ccc1CCl. The van der Waals surface area contributed by atoms with Crippen molar-refractivity contribution >= 4 is 17.4 Å². The van der Waals surface area contributed by atoms with Crippen LogP contribution in [0.2, 0.25) is 0 Å². The van der Waals surface area contributed by atoms with E-state index in [9.17, 15) is 13.2 Å². The molecule has 0 aliphatic rings. The second kappa shape index (κ2) is 5.58. The standard InChI is InChI=1S/C11H14ClF3N2/c1-8-9(7-12)3-4-10(16-8)17(2)6-5-11(13,14)15/h3-4H,5-7H2,1-2H3. The zero-order valence-corrected chi connectivity index (χ0v) is 10.4. The highest BCUT2D eigenvalue weighted by Gasteiger charge is 2.27. The number of anilines is 1. The molecule has 0 aromatic carbocycles. The molecular weight excluding hydrogens is 253 g/mol. The molecular formula is C11H14ClF3N2. The molecule has 0 amide bonds. The molecule has 0 spiro atoms. The third kappa shape index (κ3) is 4.42. The molecule has 0 aliphatic heterocycles. The summed E-state index contributed by atoms with van der Waals surface area (Å²) in [6, 6.07) is 3.47. The van der Waals surface area contributed by atoms with Gasteiger partial charge in [0, 0.05) is 25.2 Å². The van der Waals surface area contributed by atoms with Crippen LogP contribution in [-0.2, 0) is 5.88 Å². The van der Waals surface area contributed by atoms with E-state index < -0.39 is 12.6 Å². The molecule has 96 valence electrons. The lowest BCUT2D eigenvalue weighted by Crippen LogP contribution is -2.25. The van der Waals surface area contributed by atoms with Crippen LogP contribution >= 0.6 is 11.6 Å². The molecule has 0 bridgehead atoms. The molecule has 0 saturated heterocycles. The third-order valence-electron chi connectivity index (χ3n) is 2.45. The first kappa shape index (κ1) is 14.1. The predicted molar refractivity (Wildman–Crippen MR) is 62.5 cm³/mol. The smallest absolute Gasteiger partial charge is 0.359 e. The molecule has 17 heavy (non-hydrogen) atoms. The first-order chi connectivity index (χ1) is 7.83. The Labute approximate surface area is 103 Å². The summed E-state index contributed by atoms with van der Waals surface area (Å²) in [6.45, 7) is 1.69. The number of halogens is 4. The van der Waals surface area contributed by atoms with Gasteiger partial charge in [0.25, 0.3) is 0 Å². The maximum atomic E-state index is 12.1. The minimum Gasteiger partial charge on any atom is -0.359 e. The highest BCUT2D eigenvalue weighted by atomic mass is 35.5. The molecule has 0 atom stereocenters. The second-order valence-electron chi connectivity index (χ2n) is 3.83. The molecule has 1 aromatic rings. The van der Waals surface area contributed by atoms with E-state index in [2.05, 4.69) is 4.98 Å². The van der Waals surface area contributed by atoms with Crippen molar-refractivity contribution in [1.82, 2.24) is 4.98 Å². The van der Waals surface area contributed by atoms with Gasteiger partial charge in [-0.15, -0.1) is 11.6 Å². The van der Waals surface area contributed by atoms with Gasteiger partial charge in [0.1, 0.15) is 5.82 Å². The minimum atomic E-state index is -4.14. The van der Waals surface area contributed by atoms with Crippen molar-refractivity contribution in [3.63, 3.8) is 0 Å².